The third-order valence-corrected chi connectivity index (χ3v) is 4.25. The molecule has 3 nitrogen and oxygen atoms in total. The molecule has 0 unspecified atom stereocenters. The molecule has 0 aliphatic carbocycles. The molecule has 1 heterocycles. The minimum Gasteiger partial charge on any atom is -0.389 e. The van der Waals surface area contributed by atoms with Gasteiger partial charge < -0.3 is 9.84 Å². The number of benzene rings is 1. The molecule has 1 aliphatic rings. The van der Waals surface area contributed by atoms with Gasteiger partial charge in [0, 0.05) is 19.6 Å². The first kappa shape index (κ1) is 16.0. The lowest BCUT2D eigenvalue weighted by Crippen LogP contribution is -2.40. The van der Waals surface area contributed by atoms with Gasteiger partial charge in [0.1, 0.15) is 5.60 Å². The standard InChI is InChI=1S/C18H25NO2/c1-4-18(3,5-2)21-14-17(20)13-19-11-10-15-8-6-7-9-16(15)12-19/h1,6-9,17,20H,5,10-14H2,2-3H3/t17-,18+/m1/s1. The highest BCUT2D eigenvalue weighted by Gasteiger charge is 2.23. The van der Waals surface area contributed by atoms with Crippen LogP contribution in [0.1, 0.15) is 31.4 Å². The van der Waals surface area contributed by atoms with Crippen molar-refractivity contribution < 1.29 is 9.84 Å². The lowest BCUT2D eigenvalue weighted by Gasteiger charge is -2.31. The van der Waals surface area contributed by atoms with Crippen LogP contribution in [0, 0.1) is 12.3 Å². The molecule has 0 saturated heterocycles. The summed E-state index contributed by atoms with van der Waals surface area (Å²) < 4.78 is 5.69. The second-order valence-electron chi connectivity index (χ2n) is 5.95. The Kier molecular flexibility index (Phi) is 5.41. The van der Waals surface area contributed by atoms with Gasteiger partial charge in [-0.2, -0.15) is 0 Å². The van der Waals surface area contributed by atoms with Gasteiger partial charge in [0.05, 0.1) is 12.7 Å². The summed E-state index contributed by atoms with van der Waals surface area (Å²) in [7, 11) is 0. The lowest BCUT2D eigenvalue weighted by atomic mass is 10.00. The molecule has 1 N–H and O–H groups in total. The Morgan fingerprint density at radius 2 is 2.14 bits per heavy atom. The number of hydrogen-bond acceptors (Lipinski definition) is 3. The number of terminal acetylenes is 1. The van der Waals surface area contributed by atoms with Gasteiger partial charge >= 0.3 is 0 Å². The van der Waals surface area contributed by atoms with E-state index in [9.17, 15) is 5.11 Å². The zero-order chi connectivity index (χ0) is 15.3. The normalized spacial score (nSPS) is 19.3. The van der Waals surface area contributed by atoms with Crippen LogP contribution in [-0.4, -0.2) is 41.4 Å². The molecule has 2 rings (SSSR count). The van der Waals surface area contributed by atoms with Crippen molar-refractivity contribution in [3.63, 3.8) is 0 Å². The van der Waals surface area contributed by atoms with Gasteiger partial charge in [-0.1, -0.05) is 37.1 Å². The summed E-state index contributed by atoms with van der Waals surface area (Å²) in [6, 6.07) is 8.51. The van der Waals surface area contributed by atoms with Crippen LogP contribution < -0.4 is 0 Å². The van der Waals surface area contributed by atoms with Crippen molar-refractivity contribution >= 4 is 0 Å². The Balaban J connectivity index is 1.82. The topological polar surface area (TPSA) is 32.7 Å². The Morgan fingerprint density at radius 1 is 1.43 bits per heavy atom. The molecule has 1 aromatic rings. The number of aliphatic hydroxyl groups excluding tert-OH is 1. The maximum Gasteiger partial charge on any atom is 0.125 e. The minimum absolute atomic E-state index is 0.284. The number of fused-ring (bicyclic) bond motifs is 1. The van der Waals surface area contributed by atoms with E-state index >= 15 is 0 Å². The maximum atomic E-state index is 10.2. The quantitative estimate of drug-likeness (QED) is 0.814. The molecular weight excluding hydrogens is 262 g/mol. The predicted octanol–water partition coefficient (Wildman–Crippen LogP) is 2.22. The van der Waals surface area contributed by atoms with E-state index in [1.807, 2.05) is 13.8 Å². The summed E-state index contributed by atoms with van der Waals surface area (Å²) in [5.41, 5.74) is 2.21. The van der Waals surface area contributed by atoms with E-state index in [0.29, 0.717) is 6.54 Å². The summed E-state index contributed by atoms with van der Waals surface area (Å²) >= 11 is 0. The van der Waals surface area contributed by atoms with E-state index in [-0.39, 0.29) is 6.61 Å². The van der Waals surface area contributed by atoms with E-state index in [2.05, 4.69) is 35.1 Å². The van der Waals surface area contributed by atoms with Crippen LogP contribution in [0.15, 0.2) is 24.3 Å². The zero-order valence-corrected chi connectivity index (χ0v) is 13.0. The van der Waals surface area contributed by atoms with Gasteiger partial charge in [0.25, 0.3) is 0 Å². The molecule has 21 heavy (non-hydrogen) atoms. The van der Waals surface area contributed by atoms with Crippen molar-refractivity contribution in [1.82, 2.24) is 4.90 Å². The molecule has 1 aliphatic heterocycles. The molecular formula is C18H25NO2. The molecule has 0 bridgehead atoms. The van der Waals surface area contributed by atoms with Gasteiger partial charge in [0.15, 0.2) is 0 Å². The van der Waals surface area contributed by atoms with Crippen molar-refractivity contribution in [2.24, 2.45) is 0 Å². The van der Waals surface area contributed by atoms with Crippen molar-refractivity contribution in [2.75, 3.05) is 19.7 Å². The minimum atomic E-state index is -0.574. The molecule has 0 spiro atoms. The molecule has 114 valence electrons. The van der Waals surface area contributed by atoms with Crippen LogP contribution in [0.5, 0.6) is 0 Å². The van der Waals surface area contributed by atoms with Crippen molar-refractivity contribution in [3.8, 4) is 12.3 Å². The van der Waals surface area contributed by atoms with Crippen LogP contribution >= 0.6 is 0 Å². The van der Waals surface area contributed by atoms with Crippen molar-refractivity contribution in [3.05, 3.63) is 35.4 Å². The fourth-order valence-corrected chi connectivity index (χ4v) is 2.59. The van der Waals surface area contributed by atoms with Gasteiger partial charge in [-0.05, 0) is 30.9 Å². The van der Waals surface area contributed by atoms with E-state index in [1.54, 1.807) is 0 Å². The summed E-state index contributed by atoms with van der Waals surface area (Å²) in [5.74, 6) is 2.65. The van der Waals surface area contributed by atoms with E-state index in [0.717, 1.165) is 25.9 Å². The Labute approximate surface area is 127 Å². The first-order valence-electron chi connectivity index (χ1n) is 7.65. The highest BCUT2D eigenvalue weighted by molar-refractivity contribution is 5.29. The molecule has 0 aromatic heterocycles. The van der Waals surface area contributed by atoms with Crippen LogP contribution in [0.3, 0.4) is 0 Å². The summed E-state index contributed by atoms with van der Waals surface area (Å²) in [6.07, 6.45) is 6.75. The number of aliphatic hydroxyl groups is 1. The fourth-order valence-electron chi connectivity index (χ4n) is 2.59. The summed E-state index contributed by atoms with van der Waals surface area (Å²) in [4.78, 5) is 2.27. The molecule has 2 atom stereocenters. The van der Waals surface area contributed by atoms with Crippen LogP contribution in [-0.2, 0) is 17.7 Å². The van der Waals surface area contributed by atoms with Gasteiger partial charge in [-0.15, -0.1) is 6.42 Å². The van der Waals surface area contributed by atoms with E-state index in [1.165, 1.54) is 11.1 Å². The number of hydrogen-bond donors (Lipinski definition) is 1. The fraction of sp³-hybridized carbons (Fsp3) is 0.556. The van der Waals surface area contributed by atoms with Crippen molar-refractivity contribution in [1.29, 1.82) is 0 Å². The van der Waals surface area contributed by atoms with Crippen LogP contribution in [0.4, 0.5) is 0 Å². The predicted molar refractivity (Wildman–Crippen MR) is 84.9 cm³/mol. The number of β-amino-alcohol motifs (C(OH)–C–C–N with tert-alkyl or cyclic N) is 1. The molecule has 3 heteroatoms. The third-order valence-electron chi connectivity index (χ3n) is 4.25. The monoisotopic (exact) mass is 287 g/mol. The first-order chi connectivity index (χ1) is 10.1. The molecule has 1 aromatic carbocycles. The van der Waals surface area contributed by atoms with Crippen molar-refractivity contribution in [2.45, 2.75) is 44.9 Å². The number of nitrogens with zero attached hydrogens (tertiary/aromatic N) is 1. The van der Waals surface area contributed by atoms with Gasteiger partial charge in [-0.25, -0.2) is 0 Å². The molecule has 0 saturated carbocycles. The van der Waals surface area contributed by atoms with Gasteiger partial charge in [-0.3, -0.25) is 4.90 Å². The maximum absolute atomic E-state index is 10.2. The highest BCUT2D eigenvalue weighted by atomic mass is 16.5. The van der Waals surface area contributed by atoms with E-state index < -0.39 is 11.7 Å². The SMILES string of the molecule is C#C[C@@](C)(CC)OC[C@H](O)CN1CCc2ccccc2C1. The van der Waals surface area contributed by atoms with Crippen LogP contribution in [0.25, 0.3) is 0 Å². The van der Waals surface area contributed by atoms with Gasteiger partial charge in [0.2, 0.25) is 0 Å². The highest BCUT2D eigenvalue weighted by Crippen LogP contribution is 2.19. The molecule has 0 amide bonds. The second kappa shape index (κ2) is 7.09. The summed E-state index contributed by atoms with van der Waals surface area (Å²) in [6.45, 7) is 6.66. The first-order valence-corrected chi connectivity index (χ1v) is 7.65. The van der Waals surface area contributed by atoms with E-state index in [4.69, 9.17) is 11.2 Å². The average molecular weight is 287 g/mol. The number of ether oxygens (including phenoxy) is 1. The Morgan fingerprint density at radius 3 is 2.81 bits per heavy atom. The molecule has 0 fully saturated rings. The average Bonchev–Trinajstić information content (AvgIpc) is 2.52. The summed E-state index contributed by atoms with van der Waals surface area (Å²) in [5, 5.41) is 10.2. The Hall–Kier alpha value is -1.34. The second-order valence-corrected chi connectivity index (χ2v) is 5.95. The third kappa shape index (κ3) is 4.31. The zero-order valence-electron chi connectivity index (χ0n) is 13.0. The molecule has 0 radical (unpaired) electrons. The number of rotatable bonds is 6. The van der Waals surface area contributed by atoms with Crippen LogP contribution in [0.2, 0.25) is 0 Å². The Bertz CT molecular complexity index is 508. The largest absolute Gasteiger partial charge is 0.389 e. The lowest BCUT2D eigenvalue weighted by molar-refractivity contribution is -0.0480. The smallest absolute Gasteiger partial charge is 0.125 e.